The van der Waals surface area contributed by atoms with E-state index in [-0.39, 0.29) is 29.3 Å². The van der Waals surface area contributed by atoms with Crippen molar-refractivity contribution in [3.63, 3.8) is 0 Å². The molecule has 1 heterocycles. The van der Waals surface area contributed by atoms with Crippen LogP contribution in [0.5, 0.6) is 5.75 Å². The Bertz CT molecular complexity index is 1210. The lowest BCUT2D eigenvalue weighted by molar-refractivity contribution is -0.253. The van der Waals surface area contributed by atoms with Crippen LogP contribution in [0.15, 0.2) is 66.9 Å². The Kier molecular flexibility index (Phi) is 9.50. The third-order valence-electron chi connectivity index (χ3n) is 5.72. The molecule has 3 rings (SSSR count). The standard InChI is InChI=1S/C26H25ClF5N3O3/c1-2-20(15-36)34-24(37)35-25(13-16-6-4-3-5-7-16,22-9-8-18(27)14-33-22)17-10-19(28)12-21(11-17)38-26(31,32)23(29)30/h3-12,14,20,23,36H,2,13,15H2,1H3,(H2,34,35,37)/t20-,25+/m1/s1. The highest BCUT2D eigenvalue weighted by Gasteiger charge is 2.45. The third-order valence-corrected chi connectivity index (χ3v) is 5.95. The summed E-state index contributed by atoms with van der Waals surface area (Å²) in [5.74, 6) is -1.97. The minimum atomic E-state index is -4.90. The van der Waals surface area contributed by atoms with E-state index in [0.29, 0.717) is 18.1 Å². The number of carbonyl (C=O) groups is 1. The van der Waals surface area contributed by atoms with E-state index in [1.54, 1.807) is 37.3 Å². The highest BCUT2D eigenvalue weighted by molar-refractivity contribution is 6.30. The fourth-order valence-corrected chi connectivity index (χ4v) is 3.92. The molecule has 2 amide bonds. The summed E-state index contributed by atoms with van der Waals surface area (Å²) in [5.41, 5.74) is -1.09. The lowest BCUT2D eigenvalue weighted by Crippen LogP contribution is -2.54. The van der Waals surface area contributed by atoms with Crippen LogP contribution in [0.4, 0.5) is 26.7 Å². The Morgan fingerprint density at radius 2 is 1.84 bits per heavy atom. The molecule has 38 heavy (non-hydrogen) atoms. The molecule has 0 bridgehead atoms. The maximum absolute atomic E-state index is 14.8. The van der Waals surface area contributed by atoms with Crippen molar-refractivity contribution in [1.82, 2.24) is 15.6 Å². The van der Waals surface area contributed by atoms with Gasteiger partial charge in [0.15, 0.2) is 0 Å². The number of amides is 2. The number of hydrogen-bond acceptors (Lipinski definition) is 4. The molecule has 2 atom stereocenters. The van der Waals surface area contributed by atoms with Crippen LogP contribution in [0.2, 0.25) is 5.02 Å². The van der Waals surface area contributed by atoms with E-state index in [9.17, 15) is 31.9 Å². The second-order valence-electron chi connectivity index (χ2n) is 8.46. The van der Waals surface area contributed by atoms with Gasteiger partial charge in [-0.3, -0.25) is 4.98 Å². The molecule has 0 radical (unpaired) electrons. The van der Waals surface area contributed by atoms with Crippen LogP contribution in [0, 0.1) is 5.82 Å². The van der Waals surface area contributed by atoms with Crippen molar-refractivity contribution in [1.29, 1.82) is 0 Å². The van der Waals surface area contributed by atoms with Crippen molar-refractivity contribution in [2.24, 2.45) is 0 Å². The van der Waals surface area contributed by atoms with Gasteiger partial charge in [-0.1, -0.05) is 48.9 Å². The van der Waals surface area contributed by atoms with Gasteiger partial charge < -0.3 is 20.5 Å². The molecule has 0 saturated carbocycles. The first-order chi connectivity index (χ1) is 18.0. The topological polar surface area (TPSA) is 83.5 Å². The number of pyridine rings is 1. The number of aromatic nitrogens is 1. The van der Waals surface area contributed by atoms with Crippen LogP contribution in [0.3, 0.4) is 0 Å². The van der Waals surface area contributed by atoms with E-state index in [0.717, 1.165) is 12.1 Å². The number of hydrogen-bond donors (Lipinski definition) is 3. The average Bonchev–Trinajstić information content (AvgIpc) is 2.87. The zero-order chi connectivity index (χ0) is 27.9. The number of ether oxygens (including phenoxy) is 1. The summed E-state index contributed by atoms with van der Waals surface area (Å²) in [6.45, 7) is 1.37. The minimum Gasteiger partial charge on any atom is -0.428 e. The number of benzene rings is 2. The molecule has 0 aliphatic carbocycles. The molecule has 2 aromatic carbocycles. The van der Waals surface area contributed by atoms with Crippen molar-refractivity contribution >= 4 is 17.6 Å². The van der Waals surface area contributed by atoms with E-state index in [2.05, 4.69) is 20.4 Å². The number of carbonyl (C=O) groups excluding carboxylic acids is 1. The summed E-state index contributed by atoms with van der Waals surface area (Å²) in [6.07, 6.45) is -7.48. The Morgan fingerprint density at radius 1 is 1.13 bits per heavy atom. The fourth-order valence-electron chi connectivity index (χ4n) is 3.81. The molecule has 1 aromatic heterocycles. The van der Waals surface area contributed by atoms with Crippen molar-refractivity contribution in [2.45, 2.75) is 43.9 Å². The predicted octanol–water partition coefficient (Wildman–Crippen LogP) is 5.67. The minimum absolute atomic E-state index is 0.0695. The summed E-state index contributed by atoms with van der Waals surface area (Å²) in [6, 6.07) is 12.5. The molecular weight excluding hydrogens is 533 g/mol. The van der Waals surface area contributed by atoms with Crippen LogP contribution < -0.4 is 15.4 Å². The first-order valence-electron chi connectivity index (χ1n) is 11.5. The number of nitrogens with zero attached hydrogens (tertiary/aromatic N) is 1. The van der Waals surface area contributed by atoms with Crippen molar-refractivity contribution in [3.05, 3.63) is 94.5 Å². The molecule has 0 unspecified atom stereocenters. The average molecular weight is 558 g/mol. The summed E-state index contributed by atoms with van der Waals surface area (Å²) >= 11 is 6.01. The second kappa shape index (κ2) is 12.4. The maximum Gasteiger partial charge on any atom is 0.461 e. The van der Waals surface area contributed by atoms with Crippen LogP contribution in [-0.4, -0.2) is 41.3 Å². The molecule has 3 N–H and O–H groups in total. The lowest BCUT2D eigenvalue weighted by atomic mass is 9.80. The van der Waals surface area contributed by atoms with E-state index in [1.165, 1.54) is 18.3 Å². The van der Waals surface area contributed by atoms with Crippen LogP contribution in [0.25, 0.3) is 0 Å². The lowest BCUT2D eigenvalue weighted by Gasteiger charge is -2.36. The van der Waals surface area contributed by atoms with Crippen molar-refractivity contribution < 1.29 is 36.6 Å². The van der Waals surface area contributed by atoms with Gasteiger partial charge in [0.2, 0.25) is 0 Å². The van der Waals surface area contributed by atoms with Gasteiger partial charge in [0.25, 0.3) is 0 Å². The normalized spacial score (nSPS) is 14.0. The third kappa shape index (κ3) is 7.11. The fraction of sp³-hybridized carbons (Fsp3) is 0.308. The molecule has 204 valence electrons. The number of halogens is 6. The van der Waals surface area contributed by atoms with Crippen LogP contribution in [-0.2, 0) is 12.0 Å². The number of aliphatic hydroxyl groups excluding tert-OH is 1. The zero-order valence-corrected chi connectivity index (χ0v) is 20.9. The van der Waals surface area contributed by atoms with Crippen LogP contribution in [0.1, 0.15) is 30.2 Å². The Labute approximate surface area is 220 Å². The first kappa shape index (κ1) is 29.1. The molecule has 0 saturated heterocycles. The number of alkyl halides is 4. The largest absolute Gasteiger partial charge is 0.461 e. The van der Waals surface area contributed by atoms with E-state index >= 15 is 0 Å². The second-order valence-corrected chi connectivity index (χ2v) is 8.89. The predicted molar refractivity (Wildman–Crippen MR) is 131 cm³/mol. The van der Waals surface area contributed by atoms with Gasteiger partial charge in [0.1, 0.15) is 17.1 Å². The van der Waals surface area contributed by atoms with Gasteiger partial charge in [0, 0.05) is 18.7 Å². The molecule has 0 aliphatic rings. The highest BCUT2D eigenvalue weighted by atomic mass is 35.5. The number of nitrogens with one attached hydrogen (secondary N) is 2. The zero-order valence-electron chi connectivity index (χ0n) is 20.1. The van der Waals surface area contributed by atoms with E-state index < -0.39 is 41.7 Å². The van der Waals surface area contributed by atoms with Crippen molar-refractivity contribution in [2.75, 3.05) is 6.61 Å². The molecule has 0 fully saturated rings. The Balaban J connectivity index is 2.23. The molecule has 6 nitrogen and oxygen atoms in total. The van der Waals surface area contributed by atoms with Gasteiger partial charge in [-0.15, -0.1) is 0 Å². The van der Waals surface area contributed by atoms with Crippen molar-refractivity contribution in [3.8, 4) is 5.75 Å². The van der Waals surface area contributed by atoms with Gasteiger partial charge in [0.05, 0.1) is 23.4 Å². The molecule has 0 spiro atoms. The summed E-state index contributed by atoms with van der Waals surface area (Å²) < 4.78 is 72.0. The number of urea groups is 1. The van der Waals surface area contributed by atoms with Gasteiger partial charge in [-0.05, 0) is 41.8 Å². The summed E-state index contributed by atoms with van der Waals surface area (Å²) in [4.78, 5) is 17.5. The van der Waals surface area contributed by atoms with Gasteiger partial charge in [-0.25, -0.2) is 9.18 Å². The molecule has 0 aliphatic heterocycles. The monoisotopic (exact) mass is 557 g/mol. The summed E-state index contributed by atoms with van der Waals surface area (Å²) in [7, 11) is 0. The number of rotatable bonds is 11. The Morgan fingerprint density at radius 3 is 2.42 bits per heavy atom. The SMILES string of the molecule is CC[C@H](CO)NC(=O)N[C@@](Cc1ccccc1)(c1cc(F)cc(OC(F)(F)C(F)F)c1)c1ccc(Cl)cn1. The Hall–Kier alpha value is -3.44. The summed E-state index contributed by atoms with van der Waals surface area (Å²) in [5, 5.41) is 15.1. The van der Waals surface area contributed by atoms with E-state index in [1.807, 2.05) is 0 Å². The molecular formula is C26H25ClF5N3O3. The number of aliphatic hydroxyl groups is 1. The maximum atomic E-state index is 14.8. The van der Waals surface area contributed by atoms with E-state index in [4.69, 9.17) is 11.6 Å². The first-order valence-corrected chi connectivity index (χ1v) is 11.9. The van der Waals surface area contributed by atoms with Gasteiger partial charge >= 0.3 is 18.6 Å². The quantitative estimate of drug-likeness (QED) is 0.265. The smallest absolute Gasteiger partial charge is 0.428 e. The van der Waals surface area contributed by atoms with Crippen LogP contribution >= 0.6 is 11.6 Å². The molecule has 3 aromatic rings. The molecule has 12 heteroatoms. The van der Waals surface area contributed by atoms with Gasteiger partial charge in [-0.2, -0.15) is 17.6 Å². The highest BCUT2D eigenvalue weighted by Crippen LogP contribution is 2.37.